The van der Waals surface area contributed by atoms with Gasteiger partial charge in [0.05, 0.1) is 0 Å². The van der Waals surface area contributed by atoms with E-state index >= 15 is 0 Å². The fourth-order valence-electron chi connectivity index (χ4n) is 2.33. The quantitative estimate of drug-likeness (QED) is 0.923. The molecule has 3 nitrogen and oxygen atoms in total. The molecule has 18 heavy (non-hydrogen) atoms. The molecule has 0 aromatic carbocycles. The normalized spacial score (nSPS) is 17.7. The van der Waals surface area contributed by atoms with Gasteiger partial charge in [-0.05, 0) is 31.2 Å². The smallest absolute Gasteiger partial charge is 0.269 e. The van der Waals surface area contributed by atoms with Crippen molar-refractivity contribution in [2.24, 2.45) is 0 Å². The van der Waals surface area contributed by atoms with E-state index in [1.165, 1.54) is 25.7 Å². The van der Waals surface area contributed by atoms with Crippen LogP contribution in [0.4, 0.5) is 0 Å². The highest BCUT2D eigenvalue weighted by molar-refractivity contribution is 8.00. The van der Waals surface area contributed by atoms with Gasteiger partial charge in [-0.1, -0.05) is 24.4 Å². The van der Waals surface area contributed by atoms with Crippen LogP contribution in [0.5, 0.6) is 0 Å². The van der Waals surface area contributed by atoms with Crippen molar-refractivity contribution in [2.75, 3.05) is 12.8 Å². The fraction of sp³-hybridized carbons (Fsp3) is 0.538. The Morgan fingerprint density at radius 2 is 2.28 bits per heavy atom. The van der Waals surface area contributed by atoms with Crippen LogP contribution >= 0.6 is 23.4 Å². The van der Waals surface area contributed by atoms with Crippen LogP contribution in [0.1, 0.15) is 36.2 Å². The lowest BCUT2D eigenvalue weighted by Crippen LogP contribution is -2.38. The lowest BCUT2D eigenvalue weighted by Gasteiger charge is -2.26. The molecule has 1 heterocycles. The number of amides is 1. The molecule has 0 unspecified atom stereocenters. The number of carbonyl (C=O) groups is 1. The lowest BCUT2D eigenvalue weighted by atomic mass is 10.1. The van der Waals surface area contributed by atoms with Crippen LogP contribution < -0.4 is 5.32 Å². The van der Waals surface area contributed by atoms with Crippen LogP contribution in [0.2, 0.25) is 5.02 Å². The number of aromatic nitrogens is 1. The highest BCUT2D eigenvalue weighted by atomic mass is 35.5. The first-order valence-electron chi connectivity index (χ1n) is 6.10. The summed E-state index contributed by atoms with van der Waals surface area (Å²) in [5, 5.41) is 3.52. The number of halogens is 1. The Morgan fingerprint density at radius 3 is 2.89 bits per heavy atom. The van der Waals surface area contributed by atoms with Crippen molar-refractivity contribution in [3.63, 3.8) is 0 Å². The highest BCUT2D eigenvalue weighted by Crippen LogP contribution is 2.39. The van der Waals surface area contributed by atoms with Crippen molar-refractivity contribution in [3.8, 4) is 0 Å². The van der Waals surface area contributed by atoms with Gasteiger partial charge in [0.25, 0.3) is 5.91 Å². The van der Waals surface area contributed by atoms with Gasteiger partial charge in [-0.15, -0.1) is 0 Å². The largest absolute Gasteiger partial charge is 0.349 e. The van der Waals surface area contributed by atoms with E-state index in [9.17, 15) is 4.79 Å². The van der Waals surface area contributed by atoms with Crippen LogP contribution in [0.25, 0.3) is 0 Å². The third-order valence-corrected chi connectivity index (χ3v) is 5.13. The van der Waals surface area contributed by atoms with Gasteiger partial charge in [0.2, 0.25) is 0 Å². The number of nitrogens with one attached hydrogen (secondary N) is 1. The molecule has 2 rings (SSSR count). The second kappa shape index (κ2) is 5.93. The highest BCUT2D eigenvalue weighted by Gasteiger charge is 2.33. The van der Waals surface area contributed by atoms with Gasteiger partial charge in [0, 0.05) is 22.5 Å². The summed E-state index contributed by atoms with van der Waals surface area (Å²) in [6, 6.07) is 3.26. The van der Waals surface area contributed by atoms with E-state index in [2.05, 4.69) is 16.6 Å². The number of nitrogens with zero attached hydrogens (tertiary/aromatic N) is 1. The standard InChI is InChI=1S/C13H17ClN2OS/c1-18-13(5-2-3-6-13)9-16-12(17)11-8-10(14)4-7-15-11/h4,7-8H,2-3,5-6,9H2,1H3,(H,16,17). The first-order valence-corrected chi connectivity index (χ1v) is 7.70. The molecule has 0 saturated heterocycles. The summed E-state index contributed by atoms with van der Waals surface area (Å²) in [7, 11) is 0. The predicted molar refractivity (Wildman–Crippen MR) is 76.3 cm³/mol. The Balaban J connectivity index is 1.96. The minimum atomic E-state index is -0.141. The minimum absolute atomic E-state index is 0.141. The zero-order valence-corrected chi connectivity index (χ0v) is 12.0. The fourth-order valence-corrected chi connectivity index (χ4v) is 3.41. The first kappa shape index (κ1) is 13.7. The van der Waals surface area contributed by atoms with Crippen molar-refractivity contribution < 1.29 is 4.79 Å². The molecule has 0 atom stereocenters. The maximum Gasteiger partial charge on any atom is 0.269 e. The zero-order chi connectivity index (χ0) is 13.0. The maximum atomic E-state index is 12.0. The van der Waals surface area contributed by atoms with Crippen molar-refractivity contribution in [3.05, 3.63) is 29.0 Å². The summed E-state index contributed by atoms with van der Waals surface area (Å²) in [6.07, 6.45) is 8.54. The Kier molecular flexibility index (Phi) is 4.51. The molecule has 5 heteroatoms. The van der Waals surface area contributed by atoms with E-state index < -0.39 is 0 Å². The molecule has 1 aliphatic carbocycles. The number of carbonyl (C=O) groups excluding carboxylic acids is 1. The first-order chi connectivity index (χ1) is 8.65. The SMILES string of the molecule is CSC1(CNC(=O)c2cc(Cl)ccn2)CCCC1. The molecule has 1 aliphatic rings. The van der Waals surface area contributed by atoms with E-state index in [0.29, 0.717) is 17.3 Å². The summed E-state index contributed by atoms with van der Waals surface area (Å²) < 4.78 is 0.217. The molecule has 1 N–H and O–H groups in total. The van der Waals surface area contributed by atoms with Gasteiger partial charge < -0.3 is 5.32 Å². The second-order valence-corrected chi connectivity index (χ2v) is 6.35. The third kappa shape index (κ3) is 3.18. The van der Waals surface area contributed by atoms with Gasteiger partial charge in [0.15, 0.2) is 0 Å². The molecule has 1 fully saturated rings. The molecule has 0 spiro atoms. The molecular formula is C13H17ClN2OS. The number of pyridine rings is 1. The molecule has 1 aromatic rings. The van der Waals surface area contributed by atoms with Crippen LogP contribution in [0, 0.1) is 0 Å². The number of hydrogen-bond donors (Lipinski definition) is 1. The lowest BCUT2D eigenvalue weighted by molar-refractivity contribution is 0.0944. The number of thioether (sulfide) groups is 1. The summed E-state index contributed by atoms with van der Waals surface area (Å²) in [6.45, 7) is 0.710. The molecule has 0 radical (unpaired) electrons. The van der Waals surface area contributed by atoms with Gasteiger partial charge in [0.1, 0.15) is 5.69 Å². The number of hydrogen-bond acceptors (Lipinski definition) is 3. The Bertz CT molecular complexity index is 433. The molecule has 0 aliphatic heterocycles. The molecular weight excluding hydrogens is 268 g/mol. The van der Waals surface area contributed by atoms with Gasteiger partial charge in [-0.2, -0.15) is 11.8 Å². The van der Waals surface area contributed by atoms with Crippen molar-refractivity contribution in [2.45, 2.75) is 30.4 Å². The molecule has 1 saturated carbocycles. The summed E-state index contributed by atoms with van der Waals surface area (Å²) >= 11 is 7.71. The predicted octanol–water partition coefficient (Wildman–Crippen LogP) is 3.14. The van der Waals surface area contributed by atoms with Gasteiger partial charge in [-0.25, -0.2) is 0 Å². The molecule has 1 amide bonds. The Hall–Kier alpha value is -0.740. The average Bonchev–Trinajstić information content (AvgIpc) is 2.85. The van der Waals surface area contributed by atoms with E-state index in [0.717, 1.165) is 0 Å². The summed E-state index contributed by atoms with van der Waals surface area (Å²) in [5.74, 6) is -0.141. The Labute approximate surface area is 117 Å². The van der Waals surface area contributed by atoms with Crippen LogP contribution in [-0.2, 0) is 0 Å². The topological polar surface area (TPSA) is 42.0 Å². The van der Waals surface area contributed by atoms with E-state index in [1.807, 2.05) is 11.8 Å². The second-order valence-electron chi connectivity index (χ2n) is 4.64. The average molecular weight is 285 g/mol. The van der Waals surface area contributed by atoms with Gasteiger partial charge >= 0.3 is 0 Å². The zero-order valence-electron chi connectivity index (χ0n) is 10.4. The number of rotatable bonds is 4. The maximum absolute atomic E-state index is 12.0. The monoisotopic (exact) mass is 284 g/mol. The van der Waals surface area contributed by atoms with Crippen LogP contribution in [0.15, 0.2) is 18.3 Å². The molecule has 98 valence electrons. The summed E-state index contributed by atoms with van der Waals surface area (Å²) in [5.41, 5.74) is 0.386. The van der Waals surface area contributed by atoms with Gasteiger partial charge in [-0.3, -0.25) is 9.78 Å². The van der Waals surface area contributed by atoms with E-state index in [1.54, 1.807) is 18.3 Å². The summed E-state index contributed by atoms with van der Waals surface area (Å²) in [4.78, 5) is 16.0. The van der Waals surface area contributed by atoms with Crippen molar-refractivity contribution >= 4 is 29.3 Å². The molecule has 0 bridgehead atoms. The minimum Gasteiger partial charge on any atom is -0.349 e. The van der Waals surface area contributed by atoms with Crippen molar-refractivity contribution in [1.29, 1.82) is 0 Å². The van der Waals surface area contributed by atoms with E-state index in [4.69, 9.17) is 11.6 Å². The van der Waals surface area contributed by atoms with Crippen molar-refractivity contribution in [1.82, 2.24) is 10.3 Å². The third-order valence-electron chi connectivity index (χ3n) is 3.47. The van der Waals surface area contributed by atoms with Crippen LogP contribution in [0.3, 0.4) is 0 Å². The molecule has 1 aromatic heterocycles. The van der Waals surface area contributed by atoms with E-state index in [-0.39, 0.29) is 10.7 Å². The Morgan fingerprint density at radius 1 is 1.56 bits per heavy atom. The van der Waals surface area contributed by atoms with Crippen LogP contribution in [-0.4, -0.2) is 28.4 Å².